The first-order valence-electron chi connectivity index (χ1n) is 7.96. The molecule has 0 radical (unpaired) electrons. The lowest BCUT2D eigenvalue weighted by atomic mass is 10.1. The minimum atomic E-state index is 0.106. The standard InChI is InChI=1S/C18H22N4O/c19-12-15-3-5-17(6-4-15)18(23)22-10-8-21(9-11-22)14-16-2-1-7-20-13-16/h1-7,13H,8-12,14,19H2. The van der Waals surface area contributed by atoms with Crippen molar-refractivity contribution in [2.45, 2.75) is 13.1 Å². The second-order valence-corrected chi connectivity index (χ2v) is 5.83. The maximum Gasteiger partial charge on any atom is 0.253 e. The number of aromatic nitrogens is 1. The molecule has 1 aliphatic heterocycles. The van der Waals surface area contributed by atoms with E-state index in [2.05, 4.69) is 16.0 Å². The minimum Gasteiger partial charge on any atom is -0.336 e. The van der Waals surface area contributed by atoms with E-state index in [0.717, 1.165) is 43.9 Å². The third-order valence-corrected chi connectivity index (χ3v) is 4.23. The number of nitrogens with zero attached hydrogens (tertiary/aromatic N) is 3. The zero-order valence-electron chi connectivity index (χ0n) is 13.2. The zero-order valence-corrected chi connectivity index (χ0v) is 13.2. The van der Waals surface area contributed by atoms with Crippen molar-refractivity contribution < 1.29 is 4.79 Å². The molecule has 1 aromatic heterocycles. The van der Waals surface area contributed by atoms with Gasteiger partial charge in [0.05, 0.1) is 0 Å². The summed E-state index contributed by atoms with van der Waals surface area (Å²) >= 11 is 0. The molecular weight excluding hydrogens is 288 g/mol. The molecule has 0 saturated carbocycles. The van der Waals surface area contributed by atoms with Crippen molar-refractivity contribution in [3.8, 4) is 0 Å². The van der Waals surface area contributed by atoms with Gasteiger partial charge in [0.25, 0.3) is 5.91 Å². The Morgan fingerprint density at radius 1 is 1.04 bits per heavy atom. The Hall–Kier alpha value is -2.24. The van der Waals surface area contributed by atoms with E-state index in [1.807, 2.05) is 41.4 Å². The topological polar surface area (TPSA) is 62.5 Å². The van der Waals surface area contributed by atoms with Crippen LogP contribution in [0.1, 0.15) is 21.5 Å². The molecule has 5 heteroatoms. The van der Waals surface area contributed by atoms with Crippen LogP contribution >= 0.6 is 0 Å². The third kappa shape index (κ3) is 3.94. The number of hydrogen-bond donors (Lipinski definition) is 1. The predicted octanol–water partition coefficient (Wildman–Crippen LogP) is 1.50. The van der Waals surface area contributed by atoms with E-state index >= 15 is 0 Å². The molecule has 0 unspecified atom stereocenters. The predicted molar refractivity (Wildman–Crippen MR) is 89.8 cm³/mol. The molecule has 120 valence electrons. The molecule has 0 atom stereocenters. The molecular formula is C18H22N4O. The van der Waals surface area contributed by atoms with Gasteiger partial charge in [-0.2, -0.15) is 0 Å². The first-order chi connectivity index (χ1) is 11.3. The summed E-state index contributed by atoms with van der Waals surface area (Å²) < 4.78 is 0. The largest absolute Gasteiger partial charge is 0.336 e. The van der Waals surface area contributed by atoms with E-state index in [1.165, 1.54) is 5.56 Å². The maximum atomic E-state index is 12.5. The highest BCUT2D eigenvalue weighted by molar-refractivity contribution is 5.94. The van der Waals surface area contributed by atoms with Crippen molar-refractivity contribution in [3.63, 3.8) is 0 Å². The van der Waals surface area contributed by atoms with Crippen LogP contribution in [-0.4, -0.2) is 46.9 Å². The number of amides is 1. The summed E-state index contributed by atoms with van der Waals surface area (Å²) in [7, 11) is 0. The first kappa shape index (κ1) is 15.6. The van der Waals surface area contributed by atoms with Gasteiger partial charge in [-0.05, 0) is 29.3 Å². The van der Waals surface area contributed by atoms with Gasteiger partial charge in [0.1, 0.15) is 0 Å². The zero-order chi connectivity index (χ0) is 16.1. The van der Waals surface area contributed by atoms with Crippen LogP contribution in [0, 0.1) is 0 Å². The van der Waals surface area contributed by atoms with Gasteiger partial charge in [0, 0.05) is 57.2 Å². The maximum absolute atomic E-state index is 12.5. The number of hydrogen-bond acceptors (Lipinski definition) is 4. The molecule has 23 heavy (non-hydrogen) atoms. The van der Waals surface area contributed by atoms with Crippen LogP contribution in [0.4, 0.5) is 0 Å². The monoisotopic (exact) mass is 310 g/mol. The minimum absolute atomic E-state index is 0.106. The highest BCUT2D eigenvalue weighted by Gasteiger charge is 2.22. The number of nitrogens with two attached hydrogens (primary N) is 1. The number of carbonyl (C=O) groups is 1. The van der Waals surface area contributed by atoms with Gasteiger partial charge >= 0.3 is 0 Å². The molecule has 1 amide bonds. The first-order valence-corrected chi connectivity index (χ1v) is 7.96. The highest BCUT2D eigenvalue weighted by Crippen LogP contribution is 2.12. The van der Waals surface area contributed by atoms with Gasteiger partial charge in [-0.3, -0.25) is 14.7 Å². The van der Waals surface area contributed by atoms with Gasteiger partial charge in [-0.25, -0.2) is 0 Å². The molecule has 3 rings (SSSR count). The van der Waals surface area contributed by atoms with Crippen LogP contribution < -0.4 is 5.73 Å². The van der Waals surface area contributed by atoms with E-state index in [0.29, 0.717) is 6.54 Å². The molecule has 1 fully saturated rings. The lowest BCUT2D eigenvalue weighted by Crippen LogP contribution is -2.48. The average molecular weight is 310 g/mol. The molecule has 1 saturated heterocycles. The fourth-order valence-electron chi connectivity index (χ4n) is 2.82. The highest BCUT2D eigenvalue weighted by atomic mass is 16.2. The van der Waals surface area contributed by atoms with Gasteiger partial charge in [-0.15, -0.1) is 0 Å². The van der Waals surface area contributed by atoms with E-state index in [4.69, 9.17) is 5.73 Å². The summed E-state index contributed by atoms with van der Waals surface area (Å²) in [6.45, 7) is 4.70. The number of rotatable bonds is 4. The summed E-state index contributed by atoms with van der Waals surface area (Å²) in [5, 5.41) is 0. The van der Waals surface area contributed by atoms with Crippen molar-refractivity contribution in [3.05, 3.63) is 65.5 Å². The SMILES string of the molecule is NCc1ccc(C(=O)N2CCN(Cc3cccnc3)CC2)cc1. The van der Waals surface area contributed by atoms with Crippen LogP contribution in [-0.2, 0) is 13.1 Å². The van der Waals surface area contributed by atoms with Gasteiger partial charge in [-0.1, -0.05) is 18.2 Å². The van der Waals surface area contributed by atoms with Crippen LogP contribution in [0.2, 0.25) is 0 Å². The van der Waals surface area contributed by atoms with Crippen molar-refractivity contribution in [1.82, 2.24) is 14.8 Å². The quantitative estimate of drug-likeness (QED) is 0.929. The van der Waals surface area contributed by atoms with Crippen molar-refractivity contribution in [2.24, 2.45) is 5.73 Å². The Morgan fingerprint density at radius 2 is 1.78 bits per heavy atom. The number of benzene rings is 1. The van der Waals surface area contributed by atoms with Crippen LogP contribution in [0.5, 0.6) is 0 Å². The van der Waals surface area contributed by atoms with Gasteiger partial charge < -0.3 is 10.6 Å². The third-order valence-electron chi connectivity index (χ3n) is 4.23. The Morgan fingerprint density at radius 3 is 2.39 bits per heavy atom. The number of pyridine rings is 1. The Balaban J connectivity index is 1.54. The van der Waals surface area contributed by atoms with E-state index in [1.54, 1.807) is 6.20 Å². The molecule has 5 nitrogen and oxygen atoms in total. The molecule has 2 aromatic rings. The fourth-order valence-corrected chi connectivity index (χ4v) is 2.82. The molecule has 0 aliphatic carbocycles. The molecule has 1 aromatic carbocycles. The summed E-state index contributed by atoms with van der Waals surface area (Å²) in [4.78, 5) is 21.0. The summed E-state index contributed by atoms with van der Waals surface area (Å²) in [6, 6.07) is 11.6. The van der Waals surface area contributed by atoms with Crippen LogP contribution in [0.25, 0.3) is 0 Å². The Bertz CT molecular complexity index is 634. The van der Waals surface area contributed by atoms with E-state index < -0.39 is 0 Å². The summed E-state index contributed by atoms with van der Waals surface area (Å²) in [5.74, 6) is 0.106. The molecule has 1 aliphatic rings. The normalized spacial score (nSPS) is 15.6. The van der Waals surface area contributed by atoms with E-state index in [9.17, 15) is 4.79 Å². The fraction of sp³-hybridized carbons (Fsp3) is 0.333. The number of piperazine rings is 1. The summed E-state index contributed by atoms with van der Waals surface area (Å²) in [6.07, 6.45) is 3.69. The molecule has 2 heterocycles. The number of carbonyl (C=O) groups excluding carboxylic acids is 1. The van der Waals surface area contributed by atoms with Crippen molar-refractivity contribution in [1.29, 1.82) is 0 Å². The Labute approximate surface area is 136 Å². The summed E-state index contributed by atoms with van der Waals surface area (Å²) in [5.41, 5.74) is 8.59. The molecule has 2 N–H and O–H groups in total. The lowest BCUT2D eigenvalue weighted by molar-refractivity contribution is 0.0628. The molecule has 0 spiro atoms. The van der Waals surface area contributed by atoms with Crippen molar-refractivity contribution in [2.75, 3.05) is 26.2 Å². The van der Waals surface area contributed by atoms with Crippen molar-refractivity contribution >= 4 is 5.91 Å². The van der Waals surface area contributed by atoms with Gasteiger partial charge in [0.2, 0.25) is 0 Å². The van der Waals surface area contributed by atoms with Crippen LogP contribution in [0.15, 0.2) is 48.8 Å². The lowest BCUT2D eigenvalue weighted by Gasteiger charge is -2.34. The van der Waals surface area contributed by atoms with E-state index in [-0.39, 0.29) is 5.91 Å². The van der Waals surface area contributed by atoms with Gasteiger partial charge in [0.15, 0.2) is 0 Å². The second-order valence-electron chi connectivity index (χ2n) is 5.83. The van der Waals surface area contributed by atoms with Crippen LogP contribution in [0.3, 0.4) is 0 Å². The smallest absolute Gasteiger partial charge is 0.253 e. The second kappa shape index (κ2) is 7.35. The Kier molecular flexibility index (Phi) is 5.00. The average Bonchev–Trinajstić information content (AvgIpc) is 2.63. The molecule has 0 bridgehead atoms.